The molecule has 1 unspecified atom stereocenters. The van der Waals surface area contributed by atoms with E-state index >= 15 is 0 Å². The van der Waals surface area contributed by atoms with Crippen molar-refractivity contribution in [3.8, 4) is 11.5 Å². The highest BCUT2D eigenvalue weighted by Gasteiger charge is 2.45. The van der Waals surface area contributed by atoms with E-state index in [1.54, 1.807) is 43.5 Å². The predicted molar refractivity (Wildman–Crippen MR) is 116 cm³/mol. The molecular formula is C24H27NO6. The summed E-state index contributed by atoms with van der Waals surface area (Å²) >= 11 is 0. The van der Waals surface area contributed by atoms with Gasteiger partial charge in [0.05, 0.1) is 18.2 Å². The van der Waals surface area contributed by atoms with Gasteiger partial charge in [0.25, 0.3) is 11.7 Å². The number of nitrogens with zero attached hydrogens (tertiary/aromatic N) is 1. The van der Waals surface area contributed by atoms with E-state index in [1.807, 2.05) is 6.92 Å². The van der Waals surface area contributed by atoms with Gasteiger partial charge in [-0.1, -0.05) is 19.1 Å². The van der Waals surface area contributed by atoms with Gasteiger partial charge in [-0.3, -0.25) is 9.59 Å². The normalized spacial score (nSPS) is 17.9. The number of ketones is 1. The molecule has 0 aliphatic carbocycles. The number of benzene rings is 2. The summed E-state index contributed by atoms with van der Waals surface area (Å²) in [4.78, 5) is 27.1. The fourth-order valence-corrected chi connectivity index (χ4v) is 3.58. The minimum Gasteiger partial charge on any atom is -0.508 e. The van der Waals surface area contributed by atoms with Gasteiger partial charge in [0.15, 0.2) is 0 Å². The lowest BCUT2D eigenvalue weighted by atomic mass is 9.95. The zero-order valence-electron chi connectivity index (χ0n) is 17.7. The summed E-state index contributed by atoms with van der Waals surface area (Å²) in [7, 11) is 1.57. The number of hydrogen-bond acceptors (Lipinski definition) is 6. The fourth-order valence-electron chi connectivity index (χ4n) is 3.58. The first kappa shape index (κ1) is 22.4. The Morgan fingerprint density at radius 2 is 1.71 bits per heavy atom. The number of ether oxygens (including phenoxy) is 2. The number of aliphatic hydroxyl groups excluding tert-OH is 1. The Kier molecular flexibility index (Phi) is 7.31. The lowest BCUT2D eigenvalue weighted by Crippen LogP contribution is -2.31. The van der Waals surface area contributed by atoms with Crippen molar-refractivity contribution >= 4 is 17.4 Å². The average Bonchev–Trinajstić information content (AvgIpc) is 3.03. The zero-order valence-corrected chi connectivity index (χ0v) is 17.7. The van der Waals surface area contributed by atoms with E-state index in [1.165, 1.54) is 17.0 Å². The predicted octanol–water partition coefficient (Wildman–Crippen LogP) is 3.64. The molecule has 3 rings (SSSR count). The number of methoxy groups -OCH3 is 1. The second kappa shape index (κ2) is 10.1. The number of aromatic hydroxyl groups is 1. The number of carbonyl (C=O) groups excluding carboxylic acids is 2. The van der Waals surface area contributed by atoms with Crippen LogP contribution in [0.25, 0.3) is 5.76 Å². The molecule has 0 saturated carbocycles. The van der Waals surface area contributed by atoms with Gasteiger partial charge in [-0.05, 0) is 54.8 Å². The van der Waals surface area contributed by atoms with Crippen molar-refractivity contribution in [2.24, 2.45) is 0 Å². The first-order chi connectivity index (χ1) is 15.0. The van der Waals surface area contributed by atoms with Crippen molar-refractivity contribution in [2.45, 2.75) is 25.8 Å². The van der Waals surface area contributed by atoms with Crippen LogP contribution in [0, 0.1) is 0 Å². The van der Waals surface area contributed by atoms with Crippen LogP contribution in [0.4, 0.5) is 0 Å². The van der Waals surface area contributed by atoms with E-state index in [0.717, 1.165) is 6.42 Å². The Hall–Kier alpha value is -3.32. The second-order valence-electron chi connectivity index (χ2n) is 7.30. The van der Waals surface area contributed by atoms with Gasteiger partial charge in [0, 0.05) is 25.8 Å². The molecule has 1 atom stereocenters. The number of phenolic OH excluding ortho intramolecular Hbond substituents is 1. The van der Waals surface area contributed by atoms with Crippen LogP contribution in [0.2, 0.25) is 0 Å². The summed E-state index contributed by atoms with van der Waals surface area (Å²) in [6.07, 6.45) is 1.42. The first-order valence-corrected chi connectivity index (χ1v) is 10.3. The number of amides is 1. The third kappa shape index (κ3) is 4.88. The van der Waals surface area contributed by atoms with Crippen molar-refractivity contribution in [3.63, 3.8) is 0 Å². The maximum atomic E-state index is 12.9. The molecule has 2 aromatic carbocycles. The zero-order chi connectivity index (χ0) is 22.4. The molecular weight excluding hydrogens is 398 g/mol. The number of phenols is 1. The van der Waals surface area contributed by atoms with Crippen LogP contribution in [0.1, 0.15) is 36.9 Å². The topological polar surface area (TPSA) is 96.3 Å². The van der Waals surface area contributed by atoms with Crippen molar-refractivity contribution in [2.75, 3.05) is 26.9 Å². The van der Waals surface area contributed by atoms with Crippen LogP contribution in [0.3, 0.4) is 0 Å². The largest absolute Gasteiger partial charge is 0.508 e. The molecule has 1 amide bonds. The third-order valence-corrected chi connectivity index (χ3v) is 5.10. The van der Waals surface area contributed by atoms with Crippen LogP contribution in [0.15, 0.2) is 54.1 Å². The maximum absolute atomic E-state index is 12.9. The number of hydrogen-bond donors (Lipinski definition) is 2. The highest BCUT2D eigenvalue weighted by molar-refractivity contribution is 6.46. The molecule has 1 heterocycles. The van der Waals surface area contributed by atoms with Crippen molar-refractivity contribution in [1.29, 1.82) is 0 Å². The summed E-state index contributed by atoms with van der Waals surface area (Å²) in [5.41, 5.74) is 1.07. The Morgan fingerprint density at radius 3 is 2.32 bits per heavy atom. The summed E-state index contributed by atoms with van der Waals surface area (Å²) in [6.45, 7) is 3.32. The molecule has 1 fully saturated rings. The SMILES string of the molecule is CCCOc1ccc(/C(O)=C2/C(=O)C(=O)N(CCCOC)C2c2ccc(O)cc2)cc1. The van der Waals surface area contributed by atoms with Gasteiger partial charge in [-0.25, -0.2) is 0 Å². The summed E-state index contributed by atoms with van der Waals surface area (Å²) in [5, 5.41) is 20.7. The average molecular weight is 425 g/mol. The smallest absolute Gasteiger partial charge is 0.295 e. The Labute approximate surface area is 181 Å². The molecule has 31 heavy (non-hydrogen) atoms. The van der Waals surface area contributed by atoms with Crippen molar-refractivity contribution < 1.29 is 29.3 Å². The molecule has 0 radical (unpaired) electrons. The molecule has 2 N–H and O–H groups in total. The molecule has 2 aromatic rings. The van der Waals surface area contributed by atoms with E-state index in [-0.39, 0.29) is 17.1 Å². The van der Waals surface area contributed by atoms with Gasteiger partial charge in [0.2, 0.25) is 0 Å². The molecule has 0 bridgehead atoms. The molecule has 0 aromatic heterocycles. The molecule has 7 nitrogen and oxygen atoms in total. The lowest BCUT2D eigenvalue weighted by Gasteiger charge is -2.25. The summed E-state index contributed by atoms with van der Waals surface area (Å²) in [5.74, 6) is -0.915. The van der Waals surface area contributed by atoms with Gasteiger partial charge < -0.3 is 24.6 Å². The molecule has 1 aliphatic heterocycles. The molecule has 1 aliphatic rings. The van der Waals surface area contributed by atoms with E-state index < -0.39 is 17.7 Å². The maximum Gasteiger partial charge on any atom is 0.295 e. The standard InChI is InChI=1S/C24H27NO6/c1-3-14-31-19-11-7-17(8-12-19)22(27)20-21(16-5-9-18(26)10-6-16)25(13-4-15-30-2)24(29)23(20)28/h5-12,21,26-27H,3-4,13-15H2,1-2H3/b22-20-. The number of rotatable bonds is 9. The monoisotopic (exact) mass is 425 g/mol. The van der Waals surface area contributed by atoms with Crippen LogP contribution in [0.5, 0.6) is 11.5 Å². The third-order valence-electron chi connectivity index (χ3n) is 5.10. The van der Waals surface area contributed by atoms with E-state index in [0.29, 0.717) is 43.1 Å². The van der Waals surface area contributed by atoms with E-state index in [4.69, 9.17) is 9.47 Å². The fraction of sp³-hybridized carbons (Fsp3) is 0.333. The Morgan fingerprint density at radius 1 is 1.03 bits per heavy atom. The quantitative estimate of drug-likeness (QED) is 0.276. The van der Waals surface area contributed by atoms with Crippen LogP contribution >= 0.6 is 0 Å². The van der Waals surface area contributed by atoms with Crippen LogP contribution in [-0.4, -0.2) is 53.7 Å². The molecule has 164 valence electrons. The highest BCUT2D eigenvalue weighted by atomic mass is 16.5. The van der Waals surface area contributed by atoms with E-state index in [2.05, 4.69) is 0 Å². The van der Waals surface area contributed by atoms with Gasteiger partial charge in [-0.15, -0.1) is 0 Å². The summed E-state index contributed by atoms with van der Waals surface area (Å²) in [6, 6.07) is 12.3. The van der Waals surface area contributed by atoms with Crippen molar-refractivity contribution in [1.82, 2.24) is 4.90 Å². The van der Waals surface area contributed by atoms with Gasteiger partial charge in [-0.2, -0.15) is 0 Å². The van der Waals surface area contributed by atoms with Crippen LogP contribution in [-0.2, 0) is 14.3 Å². The first-order valence-electron chi connectivity index (χ1n) is 10.3. The summed E-state index contributed by atoms with van der Waals surface area (Å²) < 4.78 is 10.6. The lowest BCUT2D eigenvalue weighted by molar-refractivity contribution is -0.140. The minimum atomic E-state index is -0.756. The number of likely N-dealkylation sites (tertiary alicyclic amines) is 1. The molecule has 7 heteroatoms. The van der Waals surface area contributed by atoms with E-state index in [9.17, 15) is 19.8 Å². The Balaban J connectivity index is 2.02. The minimum absolute atomic E-state index is 0.0235. The number of carbonyl (C=O) groups is 2. The highest BCUT2D eigenvalue weighted by Crippen LogP contribution is 2.40. The number of Topliss-reactive ketones (excluding diaryl/α,β-unsaturated/α-hetero) is 1. The van der Waals surface area contributed by atoms with Gasteiger partial charge >= 0.3 is 0 Å². The van der Waals surface area contributed by atoms with Crippen molar-refractivity contribution in [3.05, 3.63) is 65.2 Å². The van der Waals surface area contributed by atoms with Crippen LogP contribution < -0.4 is 4.74 Å². The second-order valence-corrected chi connectivity index (χ2v) is 7.30. The number of aliphatic hydroxyl groups is 1. The van der Waals surface area contributed by atoms with Gasteiger partial charge in [0.1, 0.15) is 17.3 Å². The Bertz CT molecular complexity index is 949. The molecule has 1 saturated heterocycles. The molecule has 0 spiro atoms.